The average molecular weight is 573 g/mol. The SMILES string of the molecule is CC1(C)c2c(cc(-c3cc4c(c5ccccc35)C3C=CC=CC3C=C4)c3ccccc23)-c2c1c1ccccc1c1ccccc21. The van der Waals surface area contributed by atoms with E-state index in [1.807, 2.05) is 0 Å². The molecule has 2 unspecified atom stereocenters. The minimum atomic E-state index is -0.150. The van der Waals surface area contributed by atoms with Crippen molar-refractivity contribution in [3.05, 3.63) is 162 Å². The normalized spacial score (nSPS) is 18.8. The van der Waals surface area contributed by atoms with E-state index in [0.717, 1.165) is 0 Å². The summed E-state index contributed by atoms with van der Waals surface area (Å²) in [7, 11) is 0. The number of hydrogen-bond acceptors (Lipinski definition) is 0. The molecule has 0 aromatic heterocycles. The largest absolute Gasteiger partial charge is 0.0767 e. The Morgan fingerprint density at radius 1 is 0.467 bits per heavy atom. The van der Waals surface area contributed by atoms with E-state index in [1.165, 1.54) is 87.6 Å². The van der Waals surface area contributed by atoms with Gasteiger partial charge in [0.15, 0.2) is 0 Å². The number of hydrogen-bond donors (Lipinski definition) is 0. The van der Waals surface area contributed by atoms with Crippen LogP contribution in [0.15, 0.2) is 140 Å². The maximum atomic E-state index is 2.54. The smallest absolute Gasteiger partial charge is 0.0171 e. The quantitative estimate of drug-likeness (QED) is 0.172. The third-order valence-electron chi connectivity index (χ3n) is 10.9. The highest BCUT2D eigenvalue weighted by molar-refractivity contribution is 6.21. The maximum absolute atomic E-state index is 2.54. The Morgan fingerprint density at radius 3 is 1.73 bits per heavy atom. The van der Waals surface area contributed by atoms with E-state index in [0.29, 0.717) is 11.8 Å². The van der Waals surface area contributed by atoms with E-state index >= 15 is 0 Å². The van der Waals surface area contributed by atoms with Crippen LogP contribution in [-0.4, -0.2) is 0 Å². The number of fused-ring (bicyclic) bond motifs is 15. The summed E-state index contributed by atoms with van der Waals surface area (Å²) in [5.41, 5.74) is 11.0. The van der Waals surface area contributed by atoms with E-state index < -0.39 is 0 Å². The molecule has 10 rings (SSSR count). The molecule has 0 heteroatoms. The molecule has 3 aliphatic rings. The molecular weight excluding hydrogens is 540 g/mol. The van der Waals surface area contributed by atoms with Gasteiger partial charge in [0.05, 0.1) is 0 Å². The molecule has 0 fully saturated rings. The van der Waals surface area contributed by atoms with Crippen molar-refractivity contribution in [3.63, 3.8) is 0 Å². The van der Waals surface area contributed by atoms with Crippen molar-refractivity contribution in [1.82, 2.24) is 0 Å². The molecule has 0 amide bonds. The lowest BCUT2D eigenvalue weighted by Gasteiger charge is -2.30. The number of benzene rings is 7. The van der Waals surface area contributed by atoms with Crippen LogP contribution in [-0.2, 0) is 5.41 Å². The first-order chi connectivity index (χ1) is 22.1. The molecule has 7 aromatic rings. The fourth-order valence-corrected chi connectivity index (χ4v) is 9.13. The van der Waals surface area contributed by atoms with Crippen LogP contribution in [0.2, 0.25) is 0 Å². The Hall–Kier alpha value is -5.20. The van der Waals surface area contributed by atoms with Crippen molar-refractivity contribution in [2.45, 2.75) is 25.2 Å². The van der Waals surface area contributed by atoms with Gasteiger partial charge in [0.25, 0.3) is 0 Å². The molecule has 0 radical (unpaired) electrons. The van der Waals surface area contributed by atoms with Crippen LogP contribution in [0, 0.1) is 5.92 Å². The van der Waals surface area contributed by atoms with Crippen LogP contribution in [0.3, 0.4) is 0 Å². The van der Waals surface area contributed by atoms with E-state index in [-0.39, 0.29) is 5.41 Å². The van der Waals surface area contributed by atoms with Crippen LogP contribution < -0.4 is 0 Å². The van der Waals surface area contributed by atoms with Crippen molar-refractivity contribution in [2.75, 3.05) is 0 Å². The van der Waals surface area contributed by atoms with Gasteiger partial charge < -0.3 is 0 Å². The zero-order valence-corrected chi connectivity index (χ0v) is 25.5. The Labute approximate surface area is 263 Å². The molecule has 0 bridgehead atoms. The topological polar surface area (TPSA) is 0 Å². The van der Waals surface area contributed by atoms with E-state index in [9.17, 15) is 0 Å². The predicted molar refractivity (Wildman–Crippen MR) is 193 cm³/mol. The summed E-state index contributed by atoms with van der Waals surface area (Å²) in [5, 5.41) is 10.8. The highest BCUT2D eigenvalue weighted by atomic mass is 14.4. The summed E-state index contributed by atoms with van der Waals surface area (Å²) in [6.45, 7) is 4.87. The first kappa shape index (κ1) is 25.2. The third-order valence-corrected chi connectivity index (χ3v) is 10.9. The molecule has 0 N–H and O–H groups in total. The Bertz CT molecular complexity index is 2520. The first-order valence-electron chi connectivity index (χ1n) is 16.2. The fourth-order valence-electron chi connectivity index (χ4n) is 9.13. The molecule has 0 heterocycles. The summed E-state index contributed by atoms with van der Waals surface area (Å²) in [6.07, 6.45) is 13.9. The summed E-state index contributed by atoms with van der Waals surface area (Å²) in [5.74, 6) is 0.789. The standard InChI is InChI=1S/C45H32/c1-45(2)43-36-21-11-8-18-33(36)39(26-40(43)42-35-20-10-5-15-30(35)31-16-7-12-22-37(31)44(42)45)38-25-28-24-23-27-13-3-4-14-29(27)41(28)34-19-9-6-17-32(34)38/h3-27,29H,1-2H3. The highest BCUT2D eigenvalue weighted by Crippen LogP contribution is 2.58. The molecular formula is C45H32. The Kier molecular flexibility index (Phi) is 4.99. The molecule has 7 aromatic carbocycles. The fraction of sp³-hybridized carbons (Fsp3) is 0.111. The minimum Gasteiger partial charge on any atom is -0.0767 e. The van der Waals surface area contributed by atoms with Crippen molar-refractivity contribution in [2.24, 2.45) is 5.92 Å². The first-order valence-corrected chi connectivity index (χ1v) is 16.2. The molecule has 0 spiro atoms. The second-order valence-electron chi connectivity index (χ2n) is 13.6. The molecule has 0 nitrogen and oxygen atoms in total. The van der Waals surface area contributed by atoms with Gasteiger partial charge in [-0.3, -0.25) is 0 Å². The van der Waals surface area contributed by atoms with Gasteiger partial charge in [-0.1, -0.05) is 147 Å². The lowest BCUT2D eigenvalue weighted by molar-refractivity contribution is 0.672. The van der Waals surface area contributed by atoms with Crippen LogP contribution in [0.5, 0.6) is 0 Å². The molecule has 0 saturated carbocycles. The van der Waals surface area contributed by atoms with Gasteiger partial charge in [0, 0.05) is 17.3 Å². The summed E-state index contributed by atoms with van der Waals surface area (Å²) in [4.78, 5) is 0. The van der Waals surface area contributed by atoms with Crippen LogP contribution in [0.1, 0.15) is 42.0 Å². The molecule has 45 heavy (non-hydrogen) atoms. The van der Waals surface area contributed by atoms with Crippen molar-refractivity contribution in [1.29, 1.82) is 0 Å². The average Bonchev–Trinajstić information content (AvgIpc) is 3.34. The number of allylic oxidation sites excluding steroid dienone is 5. The summed E-state index contributed by atoms with van der Waals surface area (Å²) < 4.78 is 0. The molecule has 0 saturated heterocycles. The maximum Gasteiger partial charge on any atom is 0.0171 e. The van der Waals surface area contributed by atoms with Gasteiger partial charge in [0.2, 0.25) is 0 Å². The van der Waals surface area contributed by atoms with Crippen molar-refractivity contribution in [3.8, 4) is 22.3 Å². The van der Waals surface area contributed by atoms with Gasteiger partial charge in [-0.25, -0.2) is 0 Å². The van der Waals surface area contributed by atoms with Crippen LogP contribution in [0.4, 0.5) is 0 Å². The zero-order chi connectivity index (χ0) is 29.9. The molecule has 212 valence electrons. The molecule has 0 aliphatic heterocycles. The van der Waals surface area contributed by atoms with Crippen molar-refractivity contribution >= 4 is 49.2 Å². The van der Waals surface area contributed by atoms with Crippen LogP contribution >= 0.6 is 0 Å². The highest BCUT2D eigenvalue weighted by Gasteiger charge is 2.40. The zero-order valence-electron chi connectivity index (χ0n) is 25.5. The Balaban J connectivity index is 1.35. The van der Waals surface area contributed by atoms with Gasteiger partial charge in [-0.2, -0.15) is 0 Å². The number of rotatable bonds is 1. The predicted octanol–water partition coefficient (Wildman–Crippen LogP) is 12.1. The van der Waals surface area contributed by atoms with E-state index in [2.05, 4.69) is 159 Å². The monoisotopic (exact) mass is 572 g/mol. The van der Waals surface area contributed by atoms with Gasteiger partial charge in [-0.15, -0.1) is 0 Å². The Morgan fingerprint density at radius 2 is 1.00 bits per heavy atom. The minimum absolute atomic E-state index is 0.150. The van der Waals surface area contributed by atoms with E-state index in [4.69, 9.17) is 0 Å². The lowest BCUT2D eigenvalue weighted by atomic mass is 9.74. The van der Waals surface area contributed by atoms with E-state index in [1.54, 1.807) is 0 Å². The summed E-state index contributed by atoms with van der Waals surface area (Å²) >= 11 is 0. The van der Waals surface area contributed by atoms with Gasteiger partial charge >= 0.3 is 0 Å². The lowest BCUT2D eigenvalue weighted by Crippen LogP contribution is -2.16. The second-order valence-corrected chi connectivity index (χ2v) is 13.6. The molecule has 2 atom stereocenters. The summed E-state index contributed by atoms with van der Waals surface area (Å²) in [6, 6.07) is 41.3. The molecule has 3 aliphatic carbocycles. The second kappa shape index (κ2) is 8.93. The van der Waals surface area contributed by atoms with Crippen LogP contribution in [0.25, 0.3) is 71.4 Å². The third kappa shape index (κ3) is 3.27. The van der Waals surface area contributed by atoms with Crippen molar-refractivity contribution < 1.29 is 0 Å². The van der Waals surface area contributed by atoms with Gasteiger partial charge in [0.1, 0.15) is 0 Å². The van der Waals surface area contributed by atoms with Gasteiger partial charge in [-0.05, 0) is 99.7 Å².